The van der Waals surface area contributed by atoms with Gasteiger partial charge in [-0.2, -0.15) is 0 Å². The second-order valence-electron chi connectivity index (χ2n) is 8.68. The summed E-state index contributed by atoms with van der Waals surface area (Å²) in [6, 6.07) is 0. The lowest BCUT2D eigenvalue weighted by atomic mass is 9.46. The van der Waals surface area contributed by atoms with E-state index in [0.717, 1.165) is 37.7 Å². The molecule has 0 aromatic heterocycles. The second kappa shape index (κ2) is 5.47. The van der Waals surface area contributed by atoms with Gasteiger partial charge in [0.1, 0.15) is 0 Å². The number of aliphatic hydroxyl groups is 1. The normalized spacial score (nSPS) is 43.3. The molecular weight excluding hydrogens is 288 g/mol. The molecule has 2 N–H and O–H groups in total. The predicted molar refractivity (Wildman–Crippen MR) is 90.9 cm³/mol. The van der Waals surface area contributed by atoms with Gasteiger partial charge in [0.05, 0.1) is 11.5 Å². The van der Waals surface area contributed by atoms with Gasteiger partial charge < -0.3 is 10.2 Å². The Morgan fingerprint density at radius 2 is 2.00 bits per heavy atom. The maximum Gasteiger partial charge on any atom is 0.309 e. The highest BCUT2D eigenvalue weighted by molar-refractivity contribution is 5.75. The summed E-state index contributed by atoms with van der Waals surface area (Å²) >= 11 is 0. The Hall–Kier alpha value is -1.09. The topological polar surface area (TPSA) is 57.5 Å². The van der Waals surface area contributed by atoms with Crippen LogP contribution in [-0.2, 0) is 4.79 Å². The predicted octanol–water partition coefficient (Wildman–Crippen LogP) is 4.18. The molecule has 0 bridgehead atoms. The number of hydrogen-bond acceptors (Lipinski definition) is 2. The molecule has 3 aliphatic carbocycles. The van der Waals surface area contributed by atoms with Crippen LogP contribution in [0.25, 0.3) is 0 Å². The molecular formula is C20H30O3. The highest BCUT2D eigenvalue weighted by atomic mass is 16.4. The van der Waals surface area contributed by atoms with E-state index in [0.29, 0.717) is 5.92 Å². The Balaban J connectivity index is 2.03. The van der Waals surface area contributed by atoms with Gasteiger partial charge in [0.2, 0.25) is 0 Å². The van der Waals surface area contributed by atoms with Crippen LogP contribution in [0.1, 0.15) is 59.8 Å². The Labute approximate surface area is 139 Å². The van der Waals surface area contributed by atoms with Crippen LogP contribution < -0.4 is 0 Å². The molecule has 0 spiro atoms. The fourth-order valence-corrected chi connectivity index (χ4v) is 5.66. The summed E-state index contributed by atoms with van der Waals surface area (Å²) in [4.78, 5) is 12.0. The monoisotopic (exact) mass is 318 g/mol. The van der Waals surface area contributed by atoms with Crippen LogP contribution in [0.4, 0.5) is 0 Å². The van der Waals surface area contributed by atoms with Gasteiger partial charge in [0.25, 0.3) is 0 Å². The number of aliphatic carboxylic acids is 1. The fourth-order valence-electron chi connectivity index (χ4n) is 5.66. The molecule has 3 heteroatoms. The third-order valence-corrected chi connectivity index (χ3v) is 7.10. The average molecular weight is 318 g/mol. The quantitative estimate of drug-likeness (QED) is 0.803. The van der Waals surface area contributed by atoms with E-state index in [4.69, 9.17) is 0 Å². The SMILES string of the molecule is CC(C)C1=CC2=CC[C@H]3[C@@](C)(CCC[C@]3(C)C(=O)O)[C@@H]2C[C@H]1O. The van der Waals surface area contributed by atoms with Crippen molar-refractivity contribution >= 4 is 5.97 Å². The summed E-state index contributed by atoms with van der Waals surface area (Å²) in [5, 5.41) is 20.4. The Bertz CT molecular complexity index is 573. The lowest BCUT2D eigenvalue weighted by Crippen LogP contribution is -2.53. The molecule has 0 aromatic carbocycles. The standard InChI is InChI=1S/C20H30O3/c1-12(2)14-10-13-6-7-17-19(3,15(13)11-16(14)21)8-5-9-20(17,4)18(22)23/h6,10,12,15-17,21H,5,7-9,11H2,1-4H3,(H,22,23)/t15-,16-,17+,19+,20+/m1/s1. The van der Waals surface area contributed by atoms with E-state index >= 15 is 0 Å². The lowest BCUT2D eigenvalue weighted by molar-refractivity contribution is -0.162. The van der Waals surface area contributed by atoms with E-state index in [1.165, 1.54) is 5.57 Å². The van der Waals surface area contributed by atoms with E-state index < -0.39 is 11.4 Å². The maximum atomic E-state index is 12.0. The molecule has 0 unspecified atom stereocenters. The number of carboxylic acids is 1. The van der Waals surface area contributed by atoms with Crippen LogP contribution in [0.2, 0.25) is 0 Å². The molecule has 0 aromatic rings. The molecule has 0 amide bonds. The van der Waals surface area contributed by atoms with Crippen molar-refractivity contribution in [2.24, 2.45) is 28.6 Å². The van der Waals surface area contributed by atoms with Gasteiger partial charge >= 0.3 is 5.97 Å². The van der Waals surface area contributed by atoms with E-state index in [1.807, 2.05) is 6.92 Å². The maximum absolute atomic E-state index is 12.0. The zero-order valence-corrected chi connectivity index (χ0v) is 14.8. The molecule has 128 valence electrons. The summed E-state index contributed by atoms with van der Waals surface area (Å²) in [6.07, 6.45) is 8.49. The van der Waals surface area contributed by atoms with Crippen LogP contribution >= 0.6 is 0 Å². The molecule has 1 fully saturated rings. The smallest absolute Gasteiger partial charge is 0.309 e. The van der Waals surface area contributed by atoms with Gasteiger partial charge in [-0.15, -0.1) is 0 Å². The van der Waals surface area contributed by atoms with E-state index in [1.54, 1.807) is 0 Å². The van der Waals surface area contributed by atoms with Crippen molar-refractivity contribution in [3.8, 4) is 0 Å². The zero-order valence-electron chi connectivity index (χ0n) is 14.8. The van der Waals surface area contributed by atoms with Crippen molar-refractivity contribution in [3.05, 3.63) is 23.3 Å². The Morgan fingerprint density at radius 3 is 2.61 bits per heavy atom. The zero-order chi connectivity index (χ0) is 17.0. The first-order valence-electron chi connectivity index (χ1n) is 9.03. The molecule has 3 rings (SSSR count). The number of aliphatic hydroxyl groups excluding tert-OH is 1. The fraction of sp³-hybridized carbons (Fsp3) is 0.750. The molecule has 3 aliphatic rings. The summed E-state index contributed by atoms with van der Waals surface area (Å²) in [6.45, 7) is 8.47. The lowest BCUT2D eigenvalue weighted by Gasteiger charge is -2.57. The van der Waals surface area contributed by atoms with Crippen molar-refractivity contribution < 1.29 is 15.0 Å². The van der Waals surface area contributed by atoms with Crippen molar-refractivity contribution in [1.82, 2.24) is 0 Å². The molecule has 0 radical (unpaired) electrons. The number of fused-ring (bicyclic) bond motifs is 3. The minimum Gasteiger partial charge on any atom is -0.481 e. The Morgan fingerprint density at radius 1 is 1.30 bits per heavy atom. The molecule has 5 atom stereocenters. The number of allylic oxidation sites excluding steroid dienone is 3. The molecule has 23 heavy (non-hydrogen) atoms. The van der Waals surface area contributed by atoms with Crippen LogP contribution in [0.5, 0.6) is 0 Å². The largest absolute Gasteiger partial charge is 0.481 e. The van der Waals surface area contributed by atoms with Crippen molar-refractivity contribution in [3.63, 3.8) is 0 Å². The summed E-state index contributed by atoms with van der Waals surface area (Å²) in [7, 11) is 0. The second-order valence-corrected chi connectivity index (χ2v) is 8.68. The Kier molecular flexibility index (Phi) is 3.99. The first kappa shape index (κ1) is 16.8. The van der Waals surface area contributed by atoms with Gasteiger partial charge in [0, 0.05) is 0 Å². The van der Waals surface area contributed by atoms with E-state index in [2.05, 4.69) is 32.9 Å². The molecule has 0 aliphatic heterocycles. The number of carboxylic acid groups (broad SMARTS) is 1. The third kappa shape index (κ3) is 2.39. The summed E-state index contributed by atoms with van der Waals surface area (Å²) < 4.78 is 0. The van der Waals surface area contributed by atoms with Crippen LogP contribution in [0.15, 0.2) is 23.3 Å². The van der Waals surface area contributed by atoms with Crippen LogP contribution in [0.3, 0.4) is 0 Å². The van der Waals surface area contributed by atoms with Gasteiger partial charge in [-0.05, 0) is 66.9 Å². The van der Waals surface area contributed by atoms with E-state index in [9.17, 15) is 15.0 Å². The average Bonchev–Trinajstić information content (AvgIpc) is 2.46. The van der Waals surface area contributed by atoms with Gasteiger partial charge in [-0.1, -0.05) is 39.3 Å². The third-order valence-electron chi connectivity index (χ3n) is 7.10. The van der Waals surface area contributed by atoms with Gasteiger partial charge in [-0.25, -0.2) is 0 Å². The van der Waals surface area contributed by atoms with Crippen molar-refractivity contribution in [1.29, 1.82) is 0 Å². The van der Waals surface area contributed by atoms with Gasteiger partial charge in [0.15, 0.2) is 0 Å². The molecule has 0 heterocycles. The first-order chi connectivity index (χ1) is 10.7. The van der Waals surface area contributed by atoms with Crippen LogP contribution in [0, 0.1) is 28.6 Å². The molecule has 3 nitrogen and oxygen atoms in total. The van der Waals surface area contributed by atoms with Crippen molar-refractivity contribution in [2.75, 3.05) is 0 Å². The highest BCUT2D eigenvalue weighted by Gasteiger charge is 2.57. The number of hydrogen-bond donors (Lipinski definition) is 2. The summed E-state index contributed by atoms with van der Waals surface area (Å²) in [5.74, 6) is 0.155. The number of carbonyl (C=O) groups is 1. The first-order valence-corrected chi connectivity index (χ1v) is 9.03. The van der Waals surface area contributed by atoms with Crippen LogP contribution in [-0.4, -0.2) is 22.3 Å². The minimum absolute atomic E-state index is 0.0184. The molecule has 1 saturated carbocycles. The molecule has 0 saturated heterocycles. The summed E-state index contributed by atoms with van der Waals surface area (Å²) in [5.41, 5.74) is 1.82. The van der Waals surface area contributed by atoms with E-state index in [-0.39, 0.29) is 23.4 Å². The van der Waals surface area contributed by atoms with Crippen molar-refractivity contribution in [2.45, 2.75) is 65.9 Å². The number of rotatable bonds is 2. The minimum atomic E-state index is -0.653. The van der Waals surface area contributed by atoms with Gasteiger partial charge in [-0.3, -0.25) is 4.79 Å². The highest BCUT2D eigenvalue weighted by Crippen LogP contribution is 2.62.